The lowest BCUT2D eigenvalue weighted by Gasteiger charge is -2.17. The fourth-order valence-electron chi connectivity index (χ4n) is 2.33. The zero-order valence-electron chi connectivity index (χ0n) is 14.8. The van der Waals surface area contributed by atoms with E-state index >= 15 is 0 Å². The SMILES string of the molecule is CC[C@H](Oc1ccc(F)cc1)C(=O)NCCOc1cccc(C)c1C. The summed E-state index contributed by atoms with van der Waals surface area (Å²) in [5.41, 5.74) is 2.26. The molecule has 2 aromatic rings. The molecule has 0 saturated carbocycles. The van der Waals surface area contributed by atoms with Crippen molar-refractivity contribution in [3.05, 3.63) is 59.4 Å². The Balaban J connectivity index is 1.79. The third-order valence-corrected chi connectivity index (χ3v) is 3.97. The normalized spacial score (nSPS) is 11.7. The first-order valence-corrected chi connectivity index (χ1v) is 8.40. The Morgan fingerprint density at radius 2 is 1.88 bits per heavy atom. The van der Waals surface area contributed by atoms with Gasteiger partial charge in [0.25, 0.3) is 5.91 Å². The Hall–Kier alpha value is -2.56. The van der Waals surface area contributed by atoms with Gasteiger partial charge >= 0.3 is 0 Å². The number of ether oxygens (including phenoxy) is 2. The number of hydrogen-bond acceptors (Lipinski definition) is 3. The molecule has 0 aliphatic heterocycles. The molecule has 2 rings (SSSR count). The first-order valence-electron chi connectivity index (χ1n) is 8.40. The minimum atomic E-state index is -0.619. The van der Waals surface area contributed by atoms with Crippen LogP contribution < -0.4 is 14.8 Å². The van der Waals surface area contributed by atoms with Crippen LogP contribution in [0.4, 0.5) is 4.39 Å². The zero-order chi connectivity index (χ0) is 18.2. The monoisotopic (exact) mass is 345 g/mol. The van der Waals surface area contributed by atoms with Gasteiger partial charge in [-0.2, -0.15) is 0 Å². The second-order valence-corrected chi connectivity index (χ2v) is 5.81. The molecule has 0 fully saturated rings. The number of carbonyl (C=O) groups excluding carboxylic acids is 1. The van der Waals surface area contributed by atoms with Gasteiger partial charge in [0.05, 0.1) is 6.54 Å². The summed E-state index contributed by atoms with van der Waals surface area (Å²) in [5, 5.41) is 2.81. The average molecular weight is 345 g/mol. The van der Waals surface area contributed by atoms with Crippen LogP contribution in [0, 0.1) is 19.7 Å². The predicted octanol–water partition coefficient (Wildman–Crippen LogP) is 3.80. The van der Waals surface area contributed by atoms with E-state index in [4.69, 9.17) is 9.47 Å². The first-order chi connectivity index (χ1) is 12.0. The number of benzene rings is 2. The Morgan fingerprint density at radius 3 is 2.56 bits per heavy atom. The molecule has 0 unspecified atom stereocenters. The average Bonchev–Trinajstić information content (AvgIpc) is 2.61. The molecule has 0 bridgehead atoms. The lowest BCUT2D eigenvalue weighted by atomic mass is 10.1. The van der Waals surface area contributed by atoms with Crippen molar-refractivity contribution >= 4 is 5.91 Å². The predicted molar refractivity (Wildman–Crippen MR) is 95.5 cm³/mol. The fraction of sp³-hybridized carbons (Fsp3) is 0.350. The molecule has 4 nitrogen and oxygen atoms in total. The summed E-state index contributed by atoms with van der Waals surface area (Å²) in [4.78, 5) is 12.2. The van der Waals surface area contributed by atoms with Crippen LogP contribution in [0.15, 0.2) is 42.5 Å². The van der Waals surface area contributed by atoms with Crippen LogP contribution in [0.25, 0.3) is 0 Å². The molecule has 134 valence electrons. The van der Waals surface area contributed by atoms with E-state index in [1.165, 1.54) is 29.8 Å². The highest BCUT2D eigenvalue weighted by Gasteiger charge is 2.18. The van der Waals surface area contributed by atoms with Gasteiger partial charge in [-0.15, -0.1) is 0 Å². The van der Waals surface area contributed by atoms with Crippen molar-refractivity contribution in [3.8, 4) is 11.5 Å². The summed E-state index contributed by atoms with van der Waals surface area (Å²) in [6.07, 6.45) is -0.104. The third kappa shape index (κ3) is 5.48. The number of rotatable bonds is 8. The standard InChI is InChI=1S/C20H24FNO3/c1-4-18(25-17-10-8-16(21)9-11-17)20(23)22-12-13-24-19-7-5-6-14(2)15(19)3/h5-11,18H,4,12-13H2,1-3H3,(H,22,23)/t18-/m0/s1. The number of carbonyl (C=O) groups is 1. The molecular weight excluding hydrogens is 321 g/mol. The van der Waals surface area contributed by atoms with Crippen LogP contribution in [0.2, 0.25) is 0 Å². The van der Waals surface area contributed by atoms with Gasteiger partial charge in [0.15, 0.2) is 6.10 Å². The molecular formula is C20H24FNO3. The van der Waals surface area contributed by atoms with Crippen LogP contribution in [0.3, 0.4) is 0 Å². The van der Waals surface area contributed by atoms with Crippen molar-refractivity contribution in [2.75, 3.05) is 13.2 Å². The van der Waals surface area contributed by atoms with Crippen LogP contribution in [0.1, 0.15) is 24.5 Å². The lowest BCUT2D eigenvalue weighted by molar-refractivity contribution is -0.128. The van der Waals surface area contributed by atoms with E-state index in [0.717, 1.165) is 11.3 Å². The molecule has 0 heterocycles. The van der Waals surface area contributed by atoms with Gasteiger partial charge in [0.1, 0.15) is 23.9 Å². The minimum Gasteiger partial charge on any atom is -0.491 e. The Labute approximate surface area is 148 Å². The van der Waals surface area contributed by atoms with E-state index in [0.29, 0.717) is 25.3 Å². The van der Waals surface area contributed by atoms with Crippen LogP contribution in [-0.2, 0) is 4.79 Å². The summed E-state index contributed by atoms with van der Waals surface area (Å²) in [7, 11) is 0. The van der Waals surface area contributed by atoms with E-state index in [1.807, 2.05) is 39.0 Å². The van der Waals surface area contributed by atoms with Crippen molar-refractivity contribution in [1.29, 1.82) is 0 Å². The topological polar surface area (TPSA) is 47.6 Å². The van der Waals surface area contributed by atoms with Gasteiger partial charge in [0.2, 0.25) is 0 Å². The maximum absolute atomic E-state index is 12.9. The van der Waals surface area contributed by atoms with E-state index in [9.17, 15) is 9.18 Å². The number of hydrogen-bond donors (Lipinski definition) is 1. The smallest absolute Gasteiger partial charge is 0.261 e. The molecule has 0 aliphatic carbocycles. The third-order valence-electron chi connectivity index (χ3n) is 3.97. The molecule has 2 aromatic carbocycles. The lowest BCUT2D eigenvalue weighted by Crippen LogP contribution is -2.39. The van der Waals surface area contributed by atoms with E-state index in [2.05, 4.69) is 5.32 Å². The zero-order valence-corrected chi connectivity index (χ0v) is 14.8. The van der Waals surface area contributed by atoms with Crippen LogP contribution in [-0.4, -0.2) is 25.2 Å². The number of nitrogens with one attached hydrogen (secondary N) is 1. The quantitative estimate of drug-likeness (QED) is 0.741. The summed E-state index contributed by atoms with van der Waals surface area (Å²) in [6.45, 7) is 6.66. The first kappa shape index (κ1) is 18.8. The summed E-state index contributed by atoms with van der Waals surface area (Å²) in [5.74, 6) is 0.740. The Morgan fingerprint density at radius 1 is 1.16 bits per heavy atom. The Bertz CT molecular complexity index is 701. The molecule has 1 atom stereocenters. The number of halogens is 1. The highest BCUT2D eigenvalue weighted by molar-refractivity contribution is 5.81. The number of amides is 1. The summed E-state index contributed by atoms with van der Waals surface area (Å²) in [6, 6.07) is 11.5. The Kier molecular flexibility index (Phi) is 6.81. The molecule has 0 saturated heterocycles. The maximum Gasteiger partial charge on any atom is 0.261 e. The number of aryl methyl sites for hydroxylation is 1. The summed E-state index contributed by atoms with van der Waals surface area (Å²) >= 11 is 0. The second kappa shape index (κ2) is 9.06. The highest BCUT2D eigenvalue weighted by atomic mass is 19.1. The molecule has 1 amide bonds. The minimum absolute atomic E-state index is 0.212. The molecule has 0 radical (unpaired) electrons. The maximum atomic E-state index is 12.9. The second-order valence-electron chi connectivity index (χ2n) is 5.81. The molecule has 0 spiro atoms. The van der Waals surface area contributed by atoms with Gasteiger partial charge in [-0.1, -0.05) is 19.1 Å². The van der Waals surface area contributed by atoms with Gasteiger partial charge in [-0.05, 0) is 61.7 Å². The van der Waals surface area contributed by atoms with Crippen LogP contribution >= 0.6 is 0 Å². The van der Waals surface area contributed by atoms with Gasteiger partial charge in [-0.3, -0.25) is 4.79 Å². The molecule has 5 heteroatoms. The van der Waals surface area contributed by atoms with Crippen LogP contribution in [0.5, 0.6) is 11.5 Å². The van der Waals surface area contributed by atoms with Crippen molar-refractivity contribution < 1.29 is 18.7 Å². The molecule has 0 aliphatic rings. The van der Waals surface area contributed by atoms with E-state index in [1.54, 1.807) is 0 Å². The molecule has 0 aromatic heterocycles. The van der Waals surface area contributed by atoms with Crippen molar-refractivity contribution in [2.24, 2.45) is 0 Å². The largest absolute Gasteiger partial charge is 0.491 e. The molecule has 25 heavy (non-hydrogen) atoms. The summed E-state index contributed by atoms with van der Waals surface area (Å²) < 4.78 is 24.2. The van der Waals surface area contributed by atoms with E-state index < -0.39 is 6.10 Å². The molecule has 1 N–H and O–H groups in total. The van der Waals surface area contributed by atoms with Crippen molar-refractivity contribution in [2.45, 2.75) is 33.3 Å². The van der Waals surface area contributed by atoms with Crippen molar-refractivity contribution in [3.63, 3.8) is 0 Å². The van der Waals surface area contributed by atoms with Crippen molar-refractivity contribution in [1.82, 2.24) is 5.32 Å². The fourth-order valence-corrected chi connectivity index (χ4v) is 2.33. The van der Waals surface area contributed by atoms with Gasteiger partial charge in [-0.25, -0.2) is 4.39 Å². The van der Waals surface area contributed by atoms with E-state index in [-0.39, 0.29) is 11.7 Å². The van der Waals surface area contributed by atoms with Gasteiger partial charge < -0.3 is 14.8 Å². The van der Waals surface area contributed by atoms with Gasteiger partial charge in [0, 0.05) is 0 Å². The highest BCUT2D eigenvalue weighted by Crippen LogP contribution is 2.20.